The Morgan fingerprint density at radius 2 is 2.08 bits per heavy atom. The summed E-state index contributed by atoms with van der Waals surface area (Å²) in [5, 5.41) is 10.5. The van der Waals surface area contributed by atoms with Crippen molar-refractivity contribution in [3.63, 3.8) is 0 Å². The van der Waals surface area contributed by atoms with Gasteiger partial charge in [-0.3, -0.25) is 10.1 Å². The predicted molar refractivity (Wildman–Crippen MR) is 42.5 cm³/mol. The van der Waals surface area contributed by atoms with Crippen LogP contribution in [0, 0.1) is 10.1 Å². The molecule has 0 atom stereocenters. The summed E-state index contributed by atoms with van der Waals surface area (Å²) in [6.07, 6.45) is 0.677. The molecule has 0 unspecified atom stereocenters. The standard InChI is InChI=1S/C8H7NO3.BrH/c1-12-8-4-7(9(10)11)5-2-6(8)3-5;/h2,4H,3H2,1H3;1H/p-1. The number of hydrogen-bond donors (Lipinski definition) is 0. The van der Waals surface area contributed by atoms with E-state index in [-0.39, 0.29) is 27.6 Å². The minimum Gasteiger partial charge on any atom is -1.00 e. The third-order valence-corrected chi connectivity index (χ3v) is 2.06. The fourth-order valence-electron chi connectivity index (χ4n) is 1.38. The summed E-state index contributed by atoms with van der Waals surface area (Å²) >= 11 is 0. The van der Waals surface area contributed by atoms with Crippen LogP contribution in [0.2, 0.25) is 0 Å². The second-order valence-electron chi connectivity index (χ2n) is 2.73. The van der Waals surface area contributed by atoms with E-state index in [9.17, 15) is 10.1 Å². The van der Waals surface area contributed by atoms with Gasteiger partial charge in [0, 0.05) is 12.0 Å². The highest BCUT2D eigenvalue weighted by atomic mass is 79.9. The van der Waals surface area contributed by atoms with Crippen LogP contribution in [0.3, 0.4) is 0 Å². The first-order chi connectivity index (χ1) is 5.72. The van der Waals surface area contributed by atoms with Crippen molar-refractivity contribution in [2.24, 2.45) is 0 Å². The topological polar surface area (TPSA) is 52.4 Å². The molecule has 4 nitrogen and oxygen atoms in total. The van der Waals surface area contributed by atoms with E-state index in [1.807, 2.05) is 0 Å². The van der Waals surface area contributed by atoms with Crippen molar-refractivity contribution < 1.29 is 26.6 Å². The molecular weight excluding hydrogens is 238 g/mol. The van der Waals surface area contributed by atoms with Gasteiger partial charge in [0.15, 0.2) is 0 Å². The molecule has 1 aromatic rings. The number of halogens is 1. The largest absolute Gasteiger partial charge is 1.00 e. The highest BCUT2D eigenvalue weighted by Crippen LogP contribution is 2.38. The molecule has 0 aliphatic heterocycles. The van der Waals surface area contributed by atoms with E-state index in [4.69, 9.17) is 4.74 Å². The third kappa shape index (κ3) is 1.39. The Hall–Kier alpha value is -1.10. The molecule has 0 spiro atoms. The molecule has 0 heterocycles. The van der Waals surface area contributed by atoms with Gasteiger partial charge in [0.25, 0.3) is 5.69 Å². The lowest BCUT2D eigenvalue weighted by Gasteiger charge is -2.18. The van der Waals surface area contributed by atoms with Gasteiger partial charge in [-0.05, 0) is 11.6 Å². The molecule has 3 rings (SSSR count). The Balaban J connectivity index is 0.000000845. The lowest BCUT2D eigenvalue weighted by Crippen LogP contribution is -3.00. The maximum atomic E-state index is 10.5. The van der Waals surface area contributed by atoms with Crippen molar-refractivity contribution in [1.29, 1.82) is 0 Å². The van der Waals surface area contributed by atoms with Gasteiger partial charge in [-0.1, -0.05) is 0 Å². The van der Waals surface area contributed by atoms with E-state index in [1.54, 1.807) is 6.07 Å². The molecule has 0 fully saturated rings. The number of hydrogen-bond acceptors (Lipinski definition) is 3. The van der Waals surface area contributed by atoms with E-state index >= 15 is 0 Å². The quantitative estimate of drug-likeness (QED) is 0.478. The van der Waals surface area contributed by atoms with Crippen LogP contribution in [0.4, 0.5) is 5.69 Å². The second-order valence-corrected chi connectivity index (χ2v) is 2.73. The van der Waals surface area contributed by atoms with Crippen LogP contribution in [0.5, 0.6) is 5.75 Å². The fourth-order valence-corrected chi connectivity index (χ4v) is 1.38. The average molecular weight is 245 g/mol. The van der Waals surface area contributed by atoms with Crippen molar-refractivity contribution in [2.75, 3.05) is 7.11 Å². The fraction of sp³-hybridized carbons (Fsp3) is 0.250. The SMILES string of the molecule is COc1cc([N+](=O)[O-])c2cc1C2.[Br-]. The first-order valence-corrected chi connectivity index (χ1v) is 3.56. The van der Waals surface area contributed by atoms with Crippen LogP contribution in [0.1, 0.15) is 11.1 Å². The number of fused-ring (bicyclic) bond motifs is 2. The number of nitro groups is 1. The van der Waals surface area contributed by atoms with Crippen LogP contribution >= 0.6 is 0 Å². The van der Waals surface area contributed by atoms with Crippen molar-refractivity contribution in [3.05, 3.63) is 33.4 Å². The number of nitrogens with zero attached hydrogens (tertiary/aromatic N) is 1. The van der Waals surface area contributed by atoms with Crippen LogP contribution in [0.25, 0.3) is 0 Å². The summed E-state index contributed by atoms with van der Waals surface area (Å²) in [7, 11) is 1.52. The average Bonchev–Trinajstić information content (AvgIpc) is 2.01. The lowest BCUT2D eigenvalue weighted by molar-refractivity contribution is -0.385. The molecule has 0 amide bonds. The number of methoxy groups -OCH3 is 1. The Labute approximate surface area is 85.4 Å². The van der Waals surface area contributed by atoms with Gasteiger partial charge in [0.05, 0.1) is 18.1 Å². The summed E-state index contributed by atoms with van der Waals surface area (Å²) in [5.41, 5.74) is 2.02. The predicted octanol–water partition coefficient (Wildman–Crippen LogP) is -1.49. The van der Waals surface area contributed by atoms with Gasteiger partial charge in [0.1, 0.15) is 5.75 Å². The first-order valence-electron chi connectivity index (χ1n) is 3.56. The van der Waals surface area contributed by atoms with Crippen molar-refractivity contribution in [3.8, 4) is 5.75 Å². The van der Waals surface area contributed by atoms with Crippen LogP contribution in [-0.4, -0.2) is 12.0 Å². The molecule has 0 radical (unpaired) electrons. The number of benzene rings is 1. The molecular formula is C8H7BrNO3-. The maximum absolute atomic E-state index is 10.5. The molecule has 0 saturated heterocycles. The smallest absolute Gasteiger partial charge is 0.276 e. The summed E-state index contributed by atoms with van der Waals surface area (Å²) in [5.74, 6) is 0.622. The monoisotopic (exact) mass is 244 g/mol. The molecule has 0 saturated carbocycles. The minimum absolute atomic E-state index is 0. The zero-order valence-electron chi connectivity index (χ0n) is 6.91. The minimum atomic E-state index is -0.374. The number of ether oxygens (including phenoxy) is 1. The van der Waals surface area contributed by atoms with E-state index in [1.165, 1.54) is 13.2 Å². The van der Waals surface area contributed by atoms with Gasteiger partial charge in [-0.25, -0.2) is 0 Å². The first kappa shape index (κ1) is 9.98. The Morgan fingerprint density at radius 3 is 2.54 bits per heavy atom. The summed E-state index contributed by atoms with van der Waals surface area (Å²) in [6.45, 7) is 0. The molecule has 2 aliphatic carbocycles. The number of nitro benzene ring substituents is 1. The second kappa shape index (κ2) is 3.33. The molecule has 1 aromatic carbocycles. The van der Waals surface area contributed by atoms with Crippen LogP contribution in [0.15, 0.2) is 12.1 Å². The molecule has 70 valence electrons. The Morgan fingerprint density at radius 1 is 1.46 bits per heavy atom. The molecule has 5 heteroatoms. The zero-order chi connectivity index (χ0) is 8.72. The molecule has 0 N–H and O–H groups in total. The van der Waals surface area contributed by atoms with E-state index in [0.29, 0.717) is 12.2 Å². The zero-order valence-corrected chi connectivity index (χ0v) is 8.50. The van der Waals surface area contributed by atoms with Gasteiger partial charge in [-0.2, -0.15) is 0 Å². The number of rotatable bonds is 2. The Kier molecular flexibility index (Phi) is 2.56. The van der Waals surface area contributed by atoms with Crippen molar-refractivity contribution in [1.82, 2.24) is 0 Å². The summed E-state index contributed by atoms with van der Waals surface area (Å²) in [4.78, 5) is 10.1. The Bertz CT molecular complexity index is 365. The van der Waals surface area contributed by atoms with Crippen LogP contribution < -0.4 is 21.7 Å². The van der Waals surface area contributed by atoms with Gasteiger partial charge in [0.2, 0.25) is 0 Å². The molecule has 2 aliphatic rings. The van der Waals surface area contributed by atoms with E-state index in [0.717, 1.165) is 11.1 Å². The summed E-state index contributed by atoms with van der Waals surface area (Å²) in [6, 6.07) is 3.28. The van der Waals surface area contributed by atoms with Gasteiger partial charge in [-0.15, -0.1) is 0 Å². The molecule has 0 aromatic heterocycles. The van der Waals surface area contributed by atoms with Crippen molar-refractivity contribution >= 4 is 5.69 Å². The van der Waals surface area contributed by atoms with E-state index in [2.05, 4.69) is 0 Å². The summed E-state index contributed by atoms with van der Waals surface area (Å²) < 4.78 is 4.98. The molecule has 2 bridgehead atoms. The highest BCUT2D eigenvalue weighted by Gasteiger charge is 2.26. The maximum Gasteiger partial charge on any atom is 0.276 e. The normalized spacial score (nSPS) is 11.2. The van der Waals surface area contributed by atoms with E-state index < -0.39 is 0 Å². The van der Waals surface area contributed by atoms with Gasteiger partial charge < -0.3 is 21.7 Å². The molecule has 13 heavy (non-hydrogen) atoms. The van der Waals surface area contributed by atoms with Crippen LogP contribution in [-0.2, 0) is 6.42 Å². The van der Waals surface area contributed by atoms with Crippen molar-refractivity contribution in [2.45, 2.75) is 6.42 Å². The third-order valence-electron chi connectivity index (χ3n) is 2.06. The van der Waals surface area contributed by atoms with Gasteiger partial charge >= 0.3 is 0 Å². The highest BCUT2D eigenvalue weighted by molar-refractivity contribution is 5.59. The lowest BCUT2D eigenvalue weighted by atomic mass is 9.90.